The first-order valence-electron chi connectivity index (χ1n) is 4.87. The van der Waals surface area contributed by atoms with Gasteiger partial charge in [-0.2, -0.15) is 0 Å². The monoisotopic (exact) mass is 224 g/mol. The summed E-state index contributed by atoms with van der Waals surface area (Å²) in [7, 11) is 3.09. The Morgan fingerprint density at radius 3 is 2.56 bits per heavy atom. The third kappa shape index (κ3) is 2.87. The average Bonchev–Trinajstić information content (AvgIpc) is 2.28. The second-order valence-corrected chi connectivity index (χ2v) is 3.34. The Morgan fingerprint density at radius 2 is 2.06 bits per heavy atom. The molecule has 1 aromatic carbocycles. The van der Waals surface area contributed by atoms with E-state index in [0.717, 1.165) is 0 Å². The van der Waals surface area contributed by atoms with E-state index in [1.807, 2.05) is 0 Å². The van der Waals surface area contributed by atoms with E-state index in [1.165, 1.54) is 7.11 Å². The van der Waals surface area contributed by atoms with E-state index in [-0.39, 0.29) is 5.91 Å². The minimum absolute atomic E-state index is 0.272. The molecular weight excluding hydrogens is 208 g/mol. The molecule has 5 heteroatoms. The van der Waals surface area contributed by atoms with Gasteiger partial charge in [-0.1, -0.05) is 0 Å². The Labute approximate surface area is 94.5 Å². The van der Waals surface area contributed by atoms with Crippen molar-refractivity contribution in [1.29, 1.82) is 0 Å². The van der Waals surface area contributed by atoms with Gasteiger partial charge in [-0.25, -0.2) is 0 Å². The van der Waals surface area contributed by atoms with Crippen molar-refractivity contribution in [2.45, 2.75) is 13.0 Å². The molecule has 0 unspecified atom stereocenters. The number of anilines is 1. The first-order valence-corrected chi connectivity index (χ1v) is 4.87. The molecule has 1 rings (SSSR count). The molecule has 0 aliphatic rings. The van der Waals surface area contributed by atoms with Gasteiger partial charge in [-0.3, -0.25) is 4.79 Å². The number of carbonyl (C=O) groups is 1. The summed E-state index contributed by atoms with van der Waals surface area (Å²) in [5.74, 6) is 0.933. The maximum Gasteiger partial charge on any atom is 0.241 e. The lowest BCUT2D eigenvalue weighted by Gasteiger charge is -2.12. The van der Waals surface area contributed by atoms with Crippen LogP contribution in [0.25, 0.3) is 0 Å². The molecule has 1 aromatic rings. The highest BCUT2D eigenvalue weighted by atomic mass is 16.5. The number of carbonyl (C=O) groups excluding carboxylic acids is 1. The molecule has 16 heavy (non-hydrogen) atoms. The molecule has 0 saturated heterocycles. The third-order valence-electron chi connectivity index (χ3n) is 2.08. The zero-order valence-electron chi connectivity index (χ0n) is 9.61. The van der Waals surface area contributed by atoms with Crippen molar-refractivity contribution in [3.63, 3.8) is 0 Å². The lowest BCUT2D eigenvalue weighted by molar-refractivity contribution is -0.117. The smallest absolute Gasteiger partial charge is 0.241 e. The van der Waals surface area contributed by atoms with Gasteiger partial charge in [-0.15, -0.1) is 0 Å². The molecule has 0 aromatic heterocycles. The fourth-order valence-electron chi connectivity index (χ4n) is 1.16. The maximum absolute atomic E-state index is 11.4. The molecule has 0 bridgehead atoms. The number of hydrogen-bond acceptors (Lipinski definition) is 4. The first kappa shape index (κ1) is 12.3. The van der Waals surface area contributed by atoms with Crippen LogP contribution < -0.4 is 20.5 Å². The highest BCUT2D eigenvalue weighted by molar-refractivity contribution is 5.95. The molecule has 1 atom stereocenters. The van der Waals surface area contributed by atoms with Gasteiger partial charge in [0.1, 0.15) is 11.5 Å². The predicted octanol–water partition coefficient (Wildman–Crippen LogP) is 0.989. The van der Waals surface area contributed by atoms with E-state index in [0.29, 0.717) is 17.2 Å². The number of nitrogens with one attached hydrogen (secondary N) is 1. The van der Waals surface area contributed by atoms with Gasteiger partial charge in [0.2, 0.25) is 5.91 Å². The van der Waals surface area contributed by atoms with Crippen LogP contribution in [0, 0.1) is 0 Å². The van der Waals surface area contributed by atoms with Gasteiger partial charge >= 0.3 is 0 Å². The van der Waals surface area contributed by atoms with Crippen molar-refractivity contribution in [2.75, 3.05) is 19.5 Å². The van der Waals surface area contributed by atoms with E-state index in [9.17, 15) is 4.79 Å². The van der Waals surface area contributed by atoms with Gasteiger partial charge in [0, 0.05) is 6.07 Å². The van der Waals surface area contributed by atoms with Gasteiger partial charge in [0.05, 0.1) is 25.9 Å². The number of nitrogens with two attached hydrogens (primary N) is 1. The van der Waals surface area contributed by atoms with Crippen molar-refractivity contribution >= 4 is 11.6 Å². The van der Waals surface area contributed by atoms with E-state index in [1.54, 1.807) is 32.2 Å². The lowest BCUT2D eigenvalue weighted by Crippen LogP contribution is -2.32. The van der Waals surface area contributed by atoms with E-state index in [4.69, 9.17) is 15.2 Å². The van der Waals surface area contributed by atoms with E-state index in [2.05, 4.69) is 5.32 Å². The molecular formula is C11H16N2O3. The van der Waals surface area contributed by atoms with E-state index >= 15 is 0 Å². The minimum Gasteiger partial charge on any atom is -0.497 e. The normalized spacial score (nSPS) is 11.8. The van der Waals surface area contributed by atoms with Gasteiger partial charge < -0.3 is 20.5 Å². The largest absolute Gasteiger partial charge is 0.497 e. The van der Waals surface area contributed by atoms with Crippen LogP contribution in [0.2, 0.25) is 0 Å². The Bertz CT molecular complexity index is 377. The Kier molecular flexibility index (Phi) is 4.13. The van der Waals surface area contributed by atoms with Crippen LogP contribution in [0.15, 0.2) is 18.2 Å². The van der Waals surface area contributed by atoms with E-state index < -0.39 is 6.04 Å². The molecule has 0 aliphatic heterocycles. The molecule has 1 amide bonds. The van der Waals surface area contributed by atoms with Crippen LogP contribution >= 0.6 is 0 Å². The molecule has 5 nitrogen and oxygen atoms in total. The number of ether oxygens (including phenoxy) is 2. The van der Waals surface area contributed by atoms with Gasteiger partial charge in [0.15, 0.2) is 0 Å². The number of amides is 1. The average molecular weight is 224 g/mol. The molecule has 0 aliphatic carbocycles. The number of methoxy groups -OCH3 is 2. The molecule has 0 radical (unpaired) electrons. The SMILES string of the molecule is COc1ccc(OC)c(NC(=O)[C@@H](C)N)c1. The number of benzene rings is 1. The van der Waals surface area contributed by atoms with Crippen LogP contribution in [-0.2, 0) is 4.79 Å². The molecule has 0 fully saturated rings. The number of rotatable bonds is 4. The van der Waals surface area contributed by atoms with Crippen molar-refractivity contribution in [1.82, 2.24) is 0 Å². The molecule has 0 heterocycles. The minimum atomic E-state index is -0.573. The summed E-state index contributed by atoms with van der Waals surface area (Å²) in [5.41, 5.74) is 6.01. The summed E-state index contributed by atoms with van der Waals surface area (Å²) >= 11 is 0. The first-order chi connectivity index (χ1) is 7.58. The van der Waals surface area contributed by atoms with Gasteiger partial charge in [-0.05, 0) is 19.1 Å². The van der Waals surface area contributed by atoms with Crippen molar-refractivity contribution in [3.8, 4) is 11.5 Å². The summed E-state index contributed by atoms with van der Waals surface area (Å²) < 4.78 is 10.2. The molecule has 3 N–H and O–H groups in total. The molecule has 0 spiro atoms. The Hall–Kier alpha value is -1.75. The van der Waals surface area contributed by atoms with Gasteiger partial charge in [0.25, 0.3) is 0 Å². The summed E-state index contributed by atoms with van der Waals surface area (Å²) in [4.78, 5) is 11.4. The Morgan fingerprint density at radius 1 is 1.38 bits per heavy atom. The maximum atomic E-state index is 11.4. The second-order valence-electron chi connectivity index (χ2n) is 3.34. The summed E-state index contributed by atoms with van der Waals surface area (Å²) in [6.07, 6.45) is 0. The van der Waals surface area contributed by atoms with Crippen molar-refractivity contribution < 1.29 is 14.3 Å². The summed E-state index contributed by atoms with van der Waals surface area (Å²) in [6.45, 7) is 1.61. The van der Waals surface area contributed by atoms with Crippen LogP contribution in [0.5, 0.6) is 11.5 Å². The predicted molar refractivity (Wildman–Crippen MR) is 61.8 cm³/mol. The van der Waals surface area contributed by atoms with Crippen LogP contribution in [-0.4, -0.2) is 26.2 Å². The Balaban J connectivity index is 2.95. The second kappa shape index (κ2) is 5.37. The fourth-order valence-corrected chi connectivity index (χ4v) is 1.16. The highest BCUT2D eigenvalue weighted by Gasteiger charge is 2.11. The zero-order valence-corrected chi connectivity index (χ0v) is 9.61. The molecule has 88 valence electrons. The molecule has 0 saturated carbocycles. The quantitative estimate of drug-likeness (QED) is 0.799. The standard InChI is InChI=1S/C11H16N2O3/c1-7(12)11(14)13-9-6-8(15-2)4-5-10(9)16-3/h4-7H,12H2,1-3H3,(H,13,14)/t7-/m1/s1. The lowest BCUT2D eigenvalue weighted by atomic mass is 10.2. The topological polar surface area (TPSA) is 73.6 Å². The van der Waals surface area contributed by atoms with Crippen molar-refractivity contribution in [3.05, 3.63) is 18.2 Å². The van der Waals surface area contributed by atoms with Crippen LogP contribution in [0.4, 0.5) is 5.69 Å². The summed E-state index contributed by atoms with van der Waals surface area (Å²) in [6, 6.07) is 4.57. The summed E-state index contributed by atoms with van der Waals surface area (Å²) in [5, 5.41) is 2.67. The third-order valence-corrected chi connectivity index (χ3v) is 2.08. The zero-order chi connectivity index (χ0) is 12.1. The van der Waals surface area contributed by atoms with Crippen LogP contribution in [0.1, 0.15) is 6.92 Å². The number of hydrogen-bond donors (Lipinski definition) is 2. The van der Waals surface area contributed by atoms with Crippen molar-refractivity contribution in [2.24, 2.45) is 5.73 Å². The highest BCUT2D eigenvalue weighted by Crippen LogP contribution is 2.28. The van der Waals surface area contributed by atoms with Crippen LogP contribution in [0.3, 0.4) is 0 Å². The fraction of sp³-hybridized carbons (Fsp3) is 0.364.